The number of thioether (sulfide) groups is 2. The van der Waals surface area contributed by atoms with Gasteiger partial charge in [0.2, 0.25) is 0 Å². The van der Waals surface area contributed by atoms with Crippen molar-refractivity contribution in [3.05, 3.63) is 22.0 Å². The van der Waals surface area contributed by atoms with E-state index in [0.717, 1.165) is 116 Å². The fourth-order valence-electron chi connectivity index (χ4n) is 5.94. The van der Waals surface area contributed by atoms with Crippen LogP contribution in [0.3, 0.4) is 0 Å². The highest BCUT2D eigenvalue weighted by molar-refractivity contribution is 8.03. The molecule has 2 unspecified atom stereocenters. The number of nitrogens with zero attached hydrogens (tertiary/aromatic N) is 2. The summed E-state index contributed by atoms with van der Waals surface area (Å²) in [5, 5.41) is 0. The van der Waals surface area contributed by atoms with Crippen LogP contribution in [0.5, 0.6) is 0 Å². The SMILES string of the molecule is CC(C)(CCCOCCCOCCCC(C)(C)CN1C(=S)C=C2SCCC2C1=S)CN1C(=S)C=C2SCCC2C1=S. The average molecular weight is 671 g/mol. The summed E-state index contributed by atoms with van der Waals surface area (Å²) in [7, 11) is 0. The van der Waals surface area contributed by atoms with E-state index >= 15 is 0 Å². The minimum absolute atomic E-state index is 0.129. The third-order valence-electron chi connectivity index (χ3n) is 8.26. The molecule has 10 heteroatoms. The molecule has 2 atom stereocenters. The molecular formula is C31H46N2O2S6. The van der Waals surface area contributed by atoms with Crippen LogP contribution in [0, 0.1) is 22.7 Å². The predicted molar refractivity (Wildman–Crippen MR) is 193 cm³/mol. The van der Waals surface area contributed by atoms with E-state index in [1.54, 1.807) is 0 Å². The van der Waals surface area contributed by atoms with Gasteiger partial charge >= 0.3 is 0 Å². The molecular weight excluding hydrogens is 625 g/mol. The predicted octanol–water partition coefficient (Wildman–Crippen LogP) is 8.24. The van der Waals surface area contributed by atoms with Gasteiger partial charge < -0.3 is 19.3 Å². The van der Waals surface area contributed by atoms with Crippen molar-refractivity contribution >= 4 is 92.3 Å². The van der Waals surface area contributed by atoms with Gasteiger partial charge in [0, 0.05) is 51.4 Å². The molecule has 4 aliphatic heterocycles. The third-order valence-corrected chi connectivity index (χ3v) is 12.3. The van der Waals surface area contributed by atoms with E-state index in [1.165, 1.54) is 9.81 Å². The van der Waals surface area contributed by atoms with E-state index in [2.05, 4.69) is 49.6 Å². The van der Waals surface area contributed by atoms with Crippen molar-refractivity contribution in [2.24, 2.45) is 22.7 Å². The van der Waals surface area contributed by atoms with Gasteiger partial charge in [-0.15, -0.1) is 23.5 Å². The van der Waals surface area contributed by atoms with Crippen molar-refractivity contribution in [1.82, 2.24) is 9.80 Å². The first-order valence-electron chi connectivity index (χ1n) is 15.0. The van der Waals surface area contributed by atoms with Crippen LogP contribution in [0.25, 0.3) is 0 Å². The molecule has 0 amide bonds. The van der Waals surface area contributed by atoms with Crippen LogP contribution in [-0.2, 0) is 9.47 Å². The van der Waals surface area contributed by atoms with Crippen LogP contribution < -0.4 is 0 Å². The topological polar surface area (TPSA) is 24.9 Å². The van der Waals surface area contributed by atoms with Crippen molar-refractivity contribution < 1.29 is 9.47 Å². The Balaban J connectivity index is 1.02. The van der Waals surface area contributed by atoms with Crippen LogP contribution in [0.1, 0.15) is 72.6 Å². The number of ether oxygens (including phenoxy) is 2. The van der Waals surface area contributed by atoms with Crippen LogP contribution in [0.2, 0.25) is 0 Å². The van der Waals surface area contributed by atoms with Crippen molar-refractivity contribution in [2.45, 2.75) is 72.6 Å². The summed E-state index contributed by atoms with van der Waals surface area (Å²) in [6.45, 7) is 14.1. The summed E-state index contributed by atoms with van der Waals surface area (Å²) in [6.07, 6.45) is 11.8. The maximum atomic E-state index is 5.92. The zero-order valence-electron chi connectivity index (χ0n) is 25.1. The van der Waals surface area contributed by atoms with Crippen molar-refractivity contribution in [1.29, 1.82) is 0 Å². The highest BCUT2D eigenvalue weighted by atomic mass is 32.2. The summed E-state index contributed by atoms with van der Waals surface area (Å²) in [4.78, 5) is 11.0. The van der Waals surface area contributed by atoms with Gasteiger partial charge in [-0.25, -0.2) is 0 Å². The lowest BCUT2D eigenvalue weighted by atomic mass is 9.86. The molecule has 0 spiro atoms. The lowest BCUT2D eigenvalue weighted by Crippen LogP contribution is -2.45. The van der Waals surface area contributed by atoms with E-state index < -0.39 is 0 Å². The van der Waals surface area contributed by atoms with Gasteiger partial charge in [0.15, 0.2) is 0 Å². The van der Waals surface area contributed by atoms with E-state index in [4.69, 9.17) is 58.3 Å². The third kappa shape index (κ3) is 9.52. The molecule has 4 aliphatic rings. The lowest BCUT2D eigenvalue weighted by molar-refractivity contribution is 0.0729. The fourth-order valence-corrected chi connectivity index (χ4v) is 10.2. The number of thiocarbonyl (C=S) groups is 4. The van der Waals surface area contributed by atoms with E-state index in [1.807, 2.05) is 23.5 Å². The molecule has 2 saturated heterocycles. The van der Waals surface area contributed by atoms with Crippen molar-refractivity contribution in [3.63, 3.8) is 0 Å². The molecule has 0 aromatic rings. The van der Waals surface area contributed by atoms with Gasteiger partial charge in [-0.3, -0.25) is 0 Å². The first kappa shape index (κ1) is 33.9. The second kappa shape index (κ2) is 15.4. The molecule has 4 nitrogen and oxygen atoms in total. The van der Waals surface area contributed by atoms with Gasteiger partial charge in [0.1, 0.15) is 9.98 Å². The Labute approximate surface area is 278 Å². The van der Waals surface area contributed by atoms with Gasteiger partial charge in [0.05, 0.1) is 9.98 Å². The minimum atomic E-state index is 0.129. The summed E-state index contributed by atoms with van der Waals surface area (Å²) in [6, 6.07) is 0. The molecule has 2 fully saturated rings. The first-order valence-corrected chi connectivity index (χ1v) is 18.6. The van der Waals surface area contributed by atoms with E-state index in [-0.39, 0.29) is 10.8 Å². The Morgan fingerprint density at radius 1 is 0.683 bits per heavy atom. The molecule has 0 aromatic carbocycles. The van der Waals surface area contributed by atoms with Gasteiger partial charge in [-0.05, 0) is 89.2 Å². The molecule has 41 heavy (non-hydrogen) atoms. The number of hydrogen-bond acceptors (Lipinski definition) is 8. The standard InChI is InChI=1S/C31H46N2O2S6/c1-30(2,20-32-26(36)18-24-22(28(32)38)8-16-40-24)10-5-12-34-14-7-15-35-13-6-11-31(3,4)21-33-27(37)19-25-23(29(33)39)9-17-41-25/h18-19,22-23H,5-17,20-21H2,1-4H3. The summed E-state index contributed by atoms with van der Waals surface area (Å²) < 4.78 is 11.8. The Morgan fingerprint density at radius 2 is 1.07 bits per heavy atom. The molecule has 0 aliphatic carbocycles. The molecule has 0 aromatic heterocycles. The summed E-state index contributed by atoms with van der Waals surface area (Å²) in [5.41, 5.74) is 0.259. The van der Waals surface area contributed by atoms with Gasteiger partial charge in [-0.1, -0.05) is 76.6 Å². The highest BCUT2D eigenvalue weighted by Gasteiger charge is 2.37. The Morgan fingerprint density at radius 3 is 1.49 bits per heavy atom. The van der Waals surface area contributed by atoms with Crippen LogP contribution in [-0.4, -0.2) is 80.8 Å². The molecule has 228 valence electrons. The number of hydrogen-bond donors (Lipinski definition) is 0. The molecule has 0 saturated carbocycles. The van der Waals surface area contributed by atoms with E-state index in [9.17, 15) is 0 Å². The second-order valence-electron chi connectivity index (χ2n) is 13.1. The number of rotatable bonds is 16. The Bertz CT molecular complexity index is 987. The van der Waals surface area contributed by atoms with Gasteiger partial charge in [0.25, 0.3) is 0 Å². The van der Waals surface area contributed by atoms with Crippen molar-refractivity contribution in [2.75, 3.05) is 51.0 Å². The number of fused-ring (bicyclic) bond motifs is 2. The van der Waals surface area contributed by atoms with Crippen LogP contribution >= 0.6 is 72.4 Å². The maximum Gasteiger partial charge on any atom is 0.107 e. The van der Waals surface area contributed by atoms with Crippen LogP contribution in [0.4, 0.5) is 0 Å². The van der Waals surface area contributed by atoms with Gasteiger partial charge in [-0.2, -0.15) is 0 Å². The zero-order chi connectivity index (χ0) is 29.6. The molecule has 4 rings (SSSR count). The Hall–Kier alpha value is 0.0600. The first-order chi connectivity index (χ1) is 19.5. The fraction of sp³-hybridized carbons (Fsp3) is 0.742. The largest absolute Gasteiger partial charge is 0.381 e. The Kier molecular flexibility index (Phi) is 12.7. The normalized spacial score (nSPS) is 23.2. The smallest absolute Gasteiger partial charge is 0.107 e. The summed E-state index contributed by atoms with van der Waals surface area (Å²) in [5.74, 6) is 3.12. The monoisotopic (exact) mass is 670 g/mol. The average Bonchev–Trinajstić information content (AvgIpc) is 3.57. The van der Waals surface area contributed by atoms with Crippen molar-refractivity contribution in [3.8, 4) is 0 Å². The highest BCUT2D eigenvalue weighted by Crippen LogP contribution is 2.42. The zero-order valence-corrected chi connectivity index (χ0v) is 30.0. The quantitative estimate of drug-likeness (QED) is 0.118. The lowest BCUT2D eigenvalue weighted by Gasteiger charge is -2.38. The second-order valence-corrected chi connectivity index (χ2v) is 17.1. The molecule has 0 bridgehead atoms. The maximum absolute atomic E-state index is 5.92. The van der Waals surface area contributed by atoms with Crippen LogP contribution in [0.15, 0.2) is 22.0 Å². The molecule has 0 N–H and O–H groups in total. The minimum Gasteiger partial charge on any atom is -0.381 e. The van der Waals surface area contributed by atoms with E-state index in [0.29, 0.717) is 11.8 Å². The molecule has 0 radical (unpaired) electrons. The summed E-state index contributed by atoms with van der Waals surface area (Å²) >= 11 is 26.9. The molecule has 4 heterocycles.